The number of methoxy groups -OCH3 is 2. The average molecular weight is 300 g/mol. The minimum atomic E-state index is -0.344. The summed E-state index contributed by atoms with van der Waals surface area (Å²) < 4.78 is 9.76. The molecule has 1 fully saturated rings. The maximum atomic E-state index is 12.4. The van der Waals surface area contributed by atoms with Gasteiger partial charge in [0, 0.05) is 26.2 Å². The number of esters is 1. The SMILES string of the molecule is COCCN(CC(C)C(=O)OC)C(=O)NC1CCCCC1. The van der Waals surface area contributed by atoms with Gasteiger partial charge in [-0.2, -0.15) is 0 Å². The van der Waals surface area contributed by atoms with Crippen LogP contribution in [0.1, 0.15) is 39.0 Å². The van der Waals surface area contributed by atoms with E-state index < -0.39 is 0 Å². The largest absolute Gasteiger partial charge is 0.469 e. The molecule has 0 bridgehead atoms. The Kier molecular flexibility index (Phi) is 8.12. The summed E-state index contributed by atoms with van der Waals surface area (Å²) in [4.78, 5) is 25.5. The Balaban J connectivity index is 2.53. The van der Waals surface area contributed by atoms with Crippen LogP contribution in [0.5, 0.6) is 0 Å². The van der Waals surface area contributed by atoms with E-state index in [1.165, 1.54) is 26.4 Å². The van der Waals surface area contributed by atoms with Gasteiger partial charge in [-0.1, -0.05) is 26.2 Å². The van der Waals surface area contributed by atoms with E-state index in [9.17, 15) is 9.59 Å². The second-order valence-electron chi connectivity index (χ2n) is 5.65. The number of urea groups is 1. The van der Waals surface area contributed by atoms with Crippen molar-refractivity contribution in [3.05, 3.63) is 0 Å². The van der Waals surface area contributed by atoms with Crippen LogP contribution in [0.15, 0.2) is 0 Å². The van der Waals surface area contributed by atoms with E-state index in [2.05, 4.69) is 5.32 Å². The molecule has 0 saturated heterocycles. The lowest BCUT2D eigenvalue weighted by molar-refractivity contribution is -0.145. The molecule has 1 aliphatic carbocycles. The molecule has 0 heterocycles. The molecule has 0 aromatic rings. The highest BCUT2D eigenvalue weighted by molar-refractivity contribution is 5.76. The predicted molar refractivity (Wildman–Crippen MR) is 80.0 cm³/mol. The molecule has 21 heavy (non-hydrogen) atoms. The first-order valence-electron chi connectivity index (χ1n) is 7.70. The zero-order valence-corrected chi connectivity index (χ0v) is 13.4. The average Bonchev–Trinajstić information content (AvgIpc) is 2.51. The van der Waals surface area contributed by atoms with Gasteiger partial charge in [0.25, 0.3) is 0 Å². The summed E-state index contributed by atoms with van der Waals surface area (Å²) in [5.41, 5.74) is 0. The molecule has 0 aromatic carbocycles. The third-order valence-corrected chi connectivity index (χ3v) is 3.88. The van der Waals surface area contributed by atoms with Crippen LogP contribution in [0.2, 0.25) is 0 Å². The van der Waals surface area contributed by atoms with Crippen LogP contribution in [0.25, 0.3) is 0 Å². The van der Waals surface area contributed by atoms with E-state index >= 15 is 0 Å². The van der Waals surface area contributed by atoms with Gasteiger partial charge in [0.05, 0.1) is 19.6 Å². The smallest absolute Gasteiger partial charge is 0.317 e. The Labute approximate surface area is 127 Å². The van der Waals surface area contributed by atoms with Crippen molar-refractivity contribution in [1.82, 2.24) is 10.2 Å². The van der Waals surface area contributed by atoms with Crippen LogP contribution in [0.4, 0.5) is 4.79 Å². The van der Waals surface area contributed by atoms with E-state index in [0.29, 0.717) is 19.7 Å². The quantitative estimate of drug-likeness (QED) is 0.728. The fraction of sp³-hybridized carbons (Fsp3) is 0.867. The number of carbonyl (C=O) groups is 2. The molecule has 1 rings (SSSR count). The molecule has 1 aliphatic rings. The van der Waals surface area contributed by atoms with Gasteiger partial charge in [-0.3, -0.25) is 4.79 Å². The number of amides is 2. The minimum Gasteiger partial charge on any atom is -0.469 e. The number of hydrogen-bond donors (Lipinski definition) is 1. The Morgan fingerprint density at radius 2 is 1.90 bits per heavy atom. The number of nitrogens with one attached hydrogen (secondary N) is 1. The van der Waals surface area contributed by atoms with Gasteiger partial charge in [-0.05, 0) is 12.8 Å². The molecule has 1 atom stereocenters. The molecule has 1 N–H and O–H groups in total. The fourth-order valence-electron chi connectivity index (χ4n) is 2.60. The van der Waals surface area contributed by atoms with E-state index in [0.717, 1.165) is 12.8 Å². The summed E-state index contributed by atoms with van der Waals surface area (Å²) in [6, 6.07) is 0.138. The molecule has 0 aliphatic heterocycles. The van der Waals surface area contributed by atoms with E-state index in [1.807, 2.05) is 0 Å². The van der Waals surface area contributed by atoms with Crippen molar-refractivity contribution in [3.8, 4) is 0 Å². The van der Waals surface area contributed by atoms with Crippen LogP contribution < -0.4 is 5.32 Å². The number of carbonyl (C=O) groups excluding carboxylic acids is 2. The highest BCUT2D eigenvalue weighted by atomic mass is 16.5. The third kappa shape index (κ3) is 6.33. The van der Waals surface area contributed by atoms with Gasteiger partial charge < -0.3 is 19.7 Å². The lowest BCUT2D eigenvalue weighted by Crippen LogP contribution is -2.48. The van der Waals surface area contributed by atoms with Crippen molar-refractivity contribution >= 4 is 12.0 Å². The van der Waals surface area contributed by atoms with Gasteiger partial charge in [0.15, 0.2) is 0 Å². The third-order valence-electron chi connectivity index (χ3n) is 3.88. The van der Waals surface area contributed by atoms with Gasteiger partial charge in [-0.15, -0.1) is 0 Å². The second kappa shape index (κ2) is 9.60. The Morgan fingerprint density at radius 3 is 2.48 bits per heavy atom. The summed E-state index contributed by atoms with van der Waals surface area (Å²) in [6.07, 6.45) is 5.66. The summed E-state index contributed by atoms with van der Waals surface area (Å²) in [7, 11) is 2.96. The first kappa shape index (κ1) is 17.8. The predicted octanol–water partition coefficient (Wildman–Crippen LogP) is 1.79. The molecule has 0 radical (unpaired) electrons. The monoisotopic (exact) mass is 300 g/mol. The van der Waals surface area contributed by atoms with Gasteiger partial charge >= 0.3 is 12.0 Å². The van der Waals surface area contributed by atoms with Crippen LogP contribution in [-0.4, -0.2) is 56.9 Å². The lowest BCUT2D eigenvalue weighted by atomic mass is 9.96. The Morgan fingerprint density at radius 1 is 1.24 bits per heavy atom. The van der Waals surface area contributed by atoms with E-state index in [1.54, 1.807) is 18.9 Å². The zero-order chi connectivity index (χ0) is 15.7. The summed E-state index contributed by atoms with van der Waals surface area (Å²) in [6.45, 7) is 3.02. The maximum Gasteiger partial charge on any atom is 0.317 e. The highest BCUT2D eigenvalue weighted by Crippen LogP contribution is 2.17. The molecule has 1 unspecified atom stereocenters. The first-order valence-corrected chi connectivity index (χ1v) is 7.70. The molecule has 6 nitrogen and oxygen atoms in total. The van der Waals surface area contributed by atoms with Gasteiger partial charge in [-0.25, -0.2) is 4.79 Å². The van der Waals surface area contributed by atoms with Crippen molar-refractivity contribution in [3.63, 3.8) is 0 Å². The Bertz CT molecular complexity index is 330. The number of rotatable bonds is 7. The molecule has 6 heteroatoms. The van der Waals surface area contributed by atoms with Crippen molar-refractivity contribution in [2.75, 3.05) is 33.9 Å². The molecule has 0 spiro atoms. The van der Waals surface area contributed by atoms with Gasteiger partial charge in [0.2, 0.25) is 0 Å². The first-order chi connectivity index (χ1) is 10.1. The standard InChI is InChI=1S/C15H28N2O4/c1-12(14(18)21-3)11-17(9-10-20-2)15(19)16-13-7-5-4-6-8-13/h12-13H,4-11H2,1-3H3,(H,16,19). The summed E-state index contributed by atoms with van der Waals surface area (Å²) in [5.74, 6) is -0.646. The summed E-state index contributed by atoms with van der Waals surface area (Å²) in [5, 5.41) is 3.07. The molecule has 122 valence electrons. The van der Waals surface area contributed by atoms with E-state index in [4.69, 9.17) is 9.47 Å². The lowest BCUT2D eigenvalue weighted by Gasteiger charge is -2.29. The normalized spacial score (nSPS) is 17.1. The molecule has 2 amide bonds. The summed E-state index contributed by atoms with van der Waals surface area (Å²) >= 11 is 0. The molecule has 0 aromatic heterocycles. The highest BCUT2D eigenvalue weighted by Gasteiger charge is 2.23. The number of nitrogens with zero attached hydrogens (tertiary/aromatic N) is 1. The zero-order valence-electron chi connectivity index (χ0n) is 13.4. The molecular weight excluding hydrogens is 272 g/mol. The molecular formula is C15H28N2O4. The minimum absolute atomic E-state index is 0.116. The number of hydrogen-bond acceptors (Lipinski definition) is 4. The van der Waals surface area contributed by atoms with Crippen LogP contribution >= 0.6 is 0 Å². The van der Waals surface area contributed by atoms with Crippen molar-refractivity contribution in [2.45, 2.75) is 45.1 Å². The van der Waals surface area contributed by atoms with Crippen LogP contribution in [0.3, 0.4) is 0 Å². The van der Waals surface area contributed by atoms with Crippen molar-refractivity contribution in [2.24, 2.45) is 5.92 Å². The van der Waals surface area contributed by atoms with E-state index in [-0.39, 0.29) is 24.0 Å². The van der Waals surface area contributed by atoms with Crippen molar-refractivity contribution in [1.29, 1.82) is 0 Å². The van der Waals surface area contributed by atoms with Crippen LogP contribution in [-0.2, 0) is 14.3 Å². The second-order valence-corrected chi connectivity index (χ2v) is 5.65. The molecule has 1 saturated carbocycles. The topological polar surface area (TPSA) is 67.9 Å². The Hall–Kier alpha value is -1.30. The fourth-order valence-corrected chi connectivity index (χ4v) is 2.60. The van der Waals surface area contributed by atoms with Crippen molar-refractivity contribution < 1.29 is 19.1 Å². The maximum absolute atomic E-state index is 12.4. The van der Waals surface area contributed by atoms with Gasteiger partial charge in [0.1, 0.15) is 0 Å². The number of ether oxygens (including phenoxy) is 2. The van der Waals surface area contributed by atoms with Crippen LogP contribution in [0, 0.1) is 5.92 Å².